The number of nitrogens with zero attached hydrogens (tertiary/aromatic N) is 2. The number of rotatable bonds is 3. The fraction of sp³-hybridized carbons (Fsp3) is 1.00. The summed E-state index contributed by atoms with van der Waals surface area (Å²) in [5.41, 5.74) is 0.424. The van der Waals surface area contributed by atoms with Gasteiger partial charge in [0.25, 0.3) is 0 Å². The summed E-state index contributed by atoms with van der Waals surface area (Å²) in [7, 11) is 0. The largest absolute Gasteiger partial charge is 0.379 e. The number of ether oxygens (including phenoxy) is 1. The molecule has 2 heterocycles. The van der Waals surface area contributed by atoms with Gasteiger partial charge in [-0.1, -0.05) is 6.92 Å². The zero-order valence-electron chi connectivity index (χ0n) is 11.7. The van der Waals surface area contributed by atoms with E-state index in [1.54, 1.807) is 0 Å². The second-order valence-electron chi connectivity index (χ2n) is 5.89. The minimum Gasteiger partial charge on any atom is -0.379 e. The van der Waals surface area contributed by atoms with E-state index in [1.165, 1.54) is 32.4 Å². The normalized spacial score (nSPS) is 29.1. The summed E-state index contributed by atoms with van der Waals surface area (Å²) in [6, 6.07) is 0.754. The van der Waals surface area contributed by atoms with Crippen molar-refractivity contribution in [2.45, 2.75) is 51.6 Å². The highest BCUT2D eigenvalue weighted by atomic mass is 16.5. The second kappa shape index (κ2) is 5.68. The molecule has 2 rings (SSSR count). The van der Waals surface area contributed by atoms with Crippen LogP contribution in [0.4, 0.5) is 0 Å². The summed E-state index contributed by atoms with van der Waals surface area (Å²) in [6.07, 6.45) is 3.91. The Bertz CT molecular complexity index is 230. The first kappa shape index (κ1) is 13.3. The van der Waals surface area contributed by atoms with Crippen LogP contribution < -0.4 is 0 Å². The van der Waals surface area contributed by atoms with Gasteiger partial charge in [-0.25, -0.2) is 0 Å². The highest BCUT2D eigenvalue weighted by Crippen LogP contribution is 2.30. The molecule has 0 saturated carbocycles. The molecule has 1 atom stereocenters. The van der Waals surface area contributed by atoms with E-state index in [4.69, 9.17) is 4.74 Å². The average molecular weight is 240 g/mol. The SMILES string of the molecule is CCC(C)N1CCC(C)(N2CCOCC2)CC1. The summed E-state index contributed by atoms with van der Waals surface area (Å²) in [4.78, 5) is 5.31. The maximum Gasteiger partial charge on any atom is 0.0594 e. The van der Waals surface area contributed by atoms with Gasteiger partial charge < -0.3 is 9.64 Å². The smallest absolute Gasteiger partial charge is 0.0594 e. The molecule has 2 saturated heterocycles. The molecule has 17 heavy (non-hydrogen) atoms. The third-order valence-electron chi connectivity index (χ3n) is 4.86. The van der Waals surface area contributed by atoms with Crippen LogP contribution in [-0.4, -0.2) is 60.8 Å². The molecule has 0 radical (unpaired) electrons. The Balaban J connectivity index is 1.87. The predicted molar refractivity (Wildman–Crippen MR) is 71.4 cm³/mol. The van der Waals surface area contributed by atoms with Crippen LogP contribution in [-0.2, 0) is 4.74 Å². The van der Waals surface area contributed by atoms with Crippen molar-refractivity contribution < 1.29 is 4.74 Å². The van der Waals surface area contributed by atoms with E-state index in [9.17, 15) is 0 Å². The van der Waals surface area contributed by atoms with E-state index in [0.717, 1.165) is 32.3 Å². The van der Waals surface area contributed by atoms with E-state index in [2.05, 4.69) is 30.6 Å². The standard InChI is InChI=1S/C14H28N2O/c1-4-13(2)15-7-5-14(3,6-8-15)16-9-11-17-12-10-16/h13H,4-12H2,1-3H3. The highest BCUT2D eigenvalue weighted by molar-refractivity contribution is 4.93. The van der Waals surface area contributed by atoms with Crippen molar-refractivity contribution in [1.82, 2.24) is 9.80 Å². The van der Waals surface area contributed by atoms with Gasteiger partial charge >= 0.3 is 0 Å². The molecule has 2 aliphatic rings. The first-order valence-corrected chi connectivity index (χ1v) is 7.22. The summed E-state index contributed by atoms with van der Waals surface area (Å²) in [6.45, 7) is 13.7. The molecule has 0 aromatic carbocycles. The van der Waals surface area contributed by atoms with Gasteiger partial charge in [-0.05, 0) is 33.1 Å². The fourth-order valence-electron chi connectivity index (χ4n) is 3.12. The molecule has 0 bridgehead atoms. The van der Waals surface area contributed by atoms with E-state index in [0.29, 0.717) is 5.54 Å². The van der Waals surface area contributed by atoms with Gasteiger partial charge in [0.1, 0.15) is 0 Å². The van der Waals surface area contributed by atoms with Gasteiger partial charge in [-0.15, -0.1) is 0 Å². The number of hydrogen-bond acceptors (Lipinski definition) is 3. The molecule has 2 fully saturated rings. The number of likely N-dealkylation sites (tertiary alicyclic amines) is 1. The molecule has 1 unspecified atom stereocenters. The van der Waals surface area contributed by atoms with Crippen molar-refractivity contribution in [3.05, 3.63) is 0 Å². The first-order valence-electron chi connectivity index (χ1n) is 7.22. The summed E-state index contributed by atoms with van der Waals surface area (Å²) < 4.78 is 5.46. The Kier molecular flexibility index (Phi) is 4.45. The topological polar surface area (TPSA) is 15.7 Å². The molecule has 0 N–H and O–H groups in total. The van der Waals surface area contributed by atoms with Crippen molar-refractivity contribution in [2.24, 2.45) is 0 Å². The maximum absolute atomic E-state index is 5.46. The van der Waals surface area contributed by atoms with Crippen molar-refractivity contribution in [3.63, 3.8) is 0 Å². The highest BCUT2D eigenvalue weighted by Gasteiger charge is 2.36. The Morgan fingerprint density at radius 2 is 1.71 bits per heavy atom. The molecule has 100 valence electrons. The molecule has 0 aromatic heterocycles. The van der Waals surface area contributed by atoms with Crippen molar-refractivity contribution in [2.75, 3.05) is 39.4 Å². The summed E-state index contributed by atoms with van der Waals surface area (Å²) in [5.74, 6) is 0. The van der Waals surface area contributed by atoms with E-state index in [-0.39, 0.29) is 0 Å². The van der Waals surface area contributed by atoms with Crippen LogP contribution in [0.5, 0.6) is 0 Å². The number of hydrogen-bond donors (Lipinski definition) is 0. The second-order valence-corrected chi connectivity index (χ2v) is 5.89. The lowest BCUT2D eigenvalue weighted by Crippen LogP contribution is -2.57. The third kappa shape index (κ3) is 3.01. The van der Waals surface area contributed by atoms with Crippen LogP contribution in [0, 0.1) is 0 Å². The van der Waals surface area contributed by atoms with Gasteiger partial charge in [0.15, 0.2) is 0 Å². The molecule has 0 spiro atoms. The van der Waals surface area contributed by atoms with Crippen molar-refractivity contribution in [1.29, 1.82) is 0 Å². The summed E-state index contributed by atoms with van der Waals surface area (Å²) in [5, 5.41) is 0. The van der Waals surface area contributed by atoms with Crippen LogP contribution in [0.15, 0.2) is 0 Å². The van der Waals surface area contributed by atoms with E-state index in [1.807, 2.05) is 0 Å². The molecule has 0 aromatic rings. The zero-order valence-corrected chi connectivity index (χ0v) is 11.7. The van der Waals surface area contributed by atoms with Gasteiger partial charge in [-0.3, -0.25) is 4.90 Å². The third-order valence-corrected chi connectivity index (χ3v) is 4.86. The minimum absolute atomic E-state index is 0.424. The van der Waals surface area contributed by atoms with Crippen LogP contribution in [0.3, 0.4) is 0 Å². The monoisotopic (exact) mass is 240 g/mol. The molecular formula is C14H28N2O. The van der Waals surface area contributed by atoms with Gasteiger partial charge in [0.2, 0.25) is 0 Å². The predicted octanol–water partition coefficient (Wildman–Crippen LogP) is 1.97. The lowest BCUT2D eigenvalue weighted by atomic mass is 9.86. The Morgan fingerprint density at radius 1 is 1.12 bits per heavy atom. The van der Waals surface area contributed by atoms with Crippen molar-refractivity contribution >= 4 is 0 Å². The van der Waals surface area contributed by atoms with Gasteiger partial charge in [-0.2, -0.15) is 0 Å². The summed E-state index contributed by atoms with van der Waals surface area (Å²) >= 11 is 0. The minimum atomic E-state index is 0.424. The quantitative estimate of drug-likeness (QED) is 0.750. The Morgan fingerprint density at radius 3 is 2.24 bits per heavy atom. The molecule has 3 nitrogen and oxygen atoms in total. The molecule has 0 aliphatic carbocycles. The zero-order chi connectivity index (χ0) is 12.3. The molecular weight excluding hydrogens is 212 g/mol. The van der Waals surface area contributed by atoms with Gasteiger partial charge in [0.05, 0.1) is 13.2 Å². The van der Waals surface area contributed by atoms with Gasteiger partial charge in [0, 0.05) is 37.8 Å². The number of morpholine rings is 1. The van der Waals surface area contributed by atoms with Crippen LogP contribution in [0.2, 0.25) is 0 Å². The van der Waals surface area contributed by atoms with Crippen LogP contribution >= 0.6 is 0 Å². The van der Waals surface area contributed by atoms with E-state index >= 15 is 0 Å². The fourth-order valence-corrected chi connectivity index (χ4v) is 3.12. The maximum atomic E-state index is 5.46. The first-order chi connectivity index (χ1) is 8.15. The number of piperidine rings is 1. The van der Waals surface area contributed by atoms with Crippen LogP contribution in [0.1, 0.15) is 40.0 Å². The average Bonchev–Trinajstić information content (AvgIpc) is 2.40. The van der Waals surface area contributed by atoms with Crippen molar-refractivity contribution in [3.8, 4) is 0 Å². The van der Waals surface area contributed by atoms with E-state index < -0.39 is 0 Å². The van der Waals surface area contributed by atoms with Crippen LogP contribution in [0.25, 0.3) is 0 Å². The molecule has 0 amide bonds. The lowest BCUT2D eigenvalue weighted by molar-refractivity contribution is -0.0436. The Labute approximate surface area is 106 Å². The Hall–Kier alpha value is -0.120. The molecule has 3 heteroatoms. The molecule has 2 aliphatic heterocycles. The lowest BCUT2D eigenvalue weighted by Gasteiger charge is -2.49.